The molecule has 0 radical (unpaired) electrons. The van der Waals surface area contributed by atoms with Crippen LogP contribution in [0, 0.1) is 6.92 Å². The molecule has 0 aliphatic rings. The molecule has 0 bridgehead atoms. The van der Waals surface area contributed by atoms with Gasteiger partial charge < -0.3 is 24.7 Å². The Bertz CT molecular complexity index is 992. The number of imidazole rings is 1. The van der Waals surface area contributed by atoms with Crippen LogP contribution in [0.3, 0.4) is 0 Å². The third-order valence-electron chi connectivity index (χ3n) is 4.89. The lowest BCUT2D eigenvalue weighted by atomic mass is 10.1. The van der Waals surface area contributed by atoms with Crippen LogP contribution in [0.1, 0.15) is 29.2 Å². The van der Waals surface area contributed by atoms with Crippen LogP contribution in [0.2, 0.25) is 0 Å². The van der Waals surface area contributed by atoms with Crippen molar-refractivity contribution in [3.8, 4) is 5.75 Å². The van der Waals surface area contributed by atoms with Gasteiger partial charge in [0, 0.05) is 44.7 Å². The Morgan fingerprint density at radius 3 is 2.70 bits per heavy atom. The Hall–Kier alpha value is -2.59. The first-order valence-electron chi connectivity index (χ1n) is 10.9. The third kappa shape index (κ3) is 9.05. The lowest BCUT2D eigenvalue weighted by molar-refractivity contribution is 0.145. The van der Waals surface area contributed by atoms with Crippen molar-refractivity contribution in [3.63, 3.8) is 0 Å². The second-order valence-corrected chi connectivity index (χ2v) is 7.56. The van der Waals surface area contributed by atoms with Crippen molar-refractivity contribution in [2.24, 2.45) is 4.99 Å². The second-order valence-electron chi connectivity index (χ2n) is 7.56. The fourth-order valence-electron chi connectivity index (χ4n) is 3.29. The van der Waals surface area contributed by atoms with Crippen molar-refractivity contribution in [2.75, 3.05) is 26.9 Å². The lowest BCUT2D eigenvalue weighted by Gasteiger charge is -2.15. The molecule has 178 valence electrons. The number of aliphatic imine (C=N–C) groups is 1. The fourth-order valence-corrected chi connectivity index (χ4v) is 3.29. The maximum absolute atomic E-state index is 5.90. The van der Waals surface area contributed by atoms with E-state index in [1.165, 1.54) is 11.1 Å². The van der Waals surface area contributed by atoms with Crippen LogP contribution in [0.25, 0.3) is 0 Å². The highest BCUT2D eigenvalue weighted by atomic mass is 127. The van der Waals surface area contributed by atoms with Gasteiger partial charge in [0.15, 0.2) is 5.96 Å². The van der Waals surface area contributed by atoms with Gasteiger partial charge in [-0.25, -0.2) is 9.98 Å². The van der Waals surface area contributed by atoms with Gasteiger partial charge in [-0.3, -0.25) is 0 Å². The van der Waals surface area contributed by atoms with Gasteiger partial charge in [0.2, 0.25) is 0 Å². The van der Waals surface area contributed by atoms with Crippen LogP contribution in [0.4, 0.5) is 0 Å². The van der Waals surface area contributed by atoms with E-state index in [1.54, 1.807) is 13.3 Å². The van der Waals surface area contributed by atoms with Gasteiger partial charge in [0.25, 0.3) is 0 Å². The summed E-state index contributed by atoms with van der Waals surface area (Å²) in [6, 6.07) is 14.7. The predicted octanol–water partition coefficient (Wildman–Crippen LogP) is 4.14. The molecule has 0 spiro atoms. The first kappa shape index (κ1) is 26.7. The lowest BCUT2D eigenvalue weighted by Crippen LogP contribution is -2.36. The molecule has 0 amide bonds. The van der Waals surface area contributed by atoms with Gasteiger partial charge in [-0.2, -0.15) is 0 Å². The molecular weight excluding hydrogens is 529 g/mol. The van der Waals surface area contributed by atoms with Crippen LogP contribution in [0.15, 0.2) is 66.2 Å². The summed E-state index contributed by atoms with van der Waals surface area (Å²) < 4.78 is 13.1. The number of aryl methyl sites for hydroxylation is 1. The Labute approximate surface area is 213 Å². The van der Waals surface area contributed by atoms with E-state index < -0.39 is 0 Å². The molecule has 1 heterocycles. The van der Waals surface area contributed by atoms with E-state index in [1.807, 2.05) is 12.5 Å². The Morgan fingerprint density at radius 1 is 1.09 bits per heavy atom. The number of guanidine groups is 1. The molecule has 3 aromatic rings. The van der Waals surface area contributed by atoms with Crippen LogP contribution < -0.4 is 15.4 Å². The van der Waals surface area contributed by atoms with E-state index in [0.717, 1.165) is 35.9 Å². The minimum absolute atomic E-state index is 0. The molecule has 1 aromatic heterocycles. The molecule has 2 aromatic carbocycles. The molecule has 0 fully saturated rings. The molecule has 0 aliphatic heterocycles. The van der Waals surface area contributed by atoms with Gasteiger partial charge in [0.1, 0.15) is 12.4 Å². The van der Waals surface area contributed by atoms with Crippen molar-refractivity contribution < 1.29 is 9.47 Å². The van der Waals surface area contributed by atoms with Crippen molar-refractivity contribution in [1.82, 2.24) is 20.2 Å². The number of aromatic nitrogens is 2. The zero-order chi connectivity index (χ0) is 22.6. The topological polar surface area (TPSA) is 72.7 Å². The van der Waals surface area contributed by atoms with Crippen LogP contribution >= 0.6 is 24.0 Å². The number of ether oxygens (including phenoxy) is 2. The van der Waals surface area contributed by atoms with Crippen molar-refractivity contribution in [1.29, 1.82) is 0 Å². The fraction of sp³-hybridized carbons (Fsp3) is 0.360. The largest absolute Gasteiger partial charge is 0.491 e. The van der Waals surface area contributed by atoms with Crippen molar-refractivity contribution in [3.05, 3.63) is 83.4 Å². The smallest absolute Gasteiger partial charge is 0.191 e. The molecule has 33 heavy (non-hydrogen) atoms. The second kappa shape index (κ2) is 14.5. The zero-order valence-corrected chi connectivity index (χ0v) is 21.9. The predicted molar refractivity (Wildman–Crippen MR) is 143 cm³/mol. The summed E-state index contributed by atoms with van der Waals surface area (Å²) in [6.45, 7) is 8.02. The molecule has 2 N–H and O–H groups in total. The summed E-state index contributed by atoms with van der Waals surface area (Å²) in [4.78, 5) is 8.88. The van der Waals surface area contributed by atoms with E-state index in [9.17, 15) is 0 Å². The molecular formula is C25H34IN5O2. The third-order valence-corrected chi connectivity index (χ3v) is 4.89. The molecule has 0 aliphatic carbocycles. The van der Waals surface area contributed by atoms with Gasteiger partial charge in [-0.1, -0.05) is 36.4 Å². The Morgan fingerprint density at radius 2 is 1.94 bits per heavy atom. The van der Waals surface area contributed by atoms with Crippen LogP contribution in [-0.4, -0.2) is 42.4 Å². The first-order chi connectivity index (χ1) is 15.7. The monoisotopic (exact) mass is 563 g/mol. The summed E-state index contributed by atoms with van der Waals surface area (Å²) in [5.41, 5.74) is 4.64. The highest BCUT2D eigenvalue weighted by Crippen LogP contribution is 2.20. The van der Waals surface area contributed by atoms with Gasteiger partial charge in [-0.05, 0) is 36.6 Å². The summed E-state index contributed by atoms with van der Waals surface area (Å²) in [5, 5.41) is 6.75. The summed E-state index contributed by atoms with van der Waals surface area (Å²) in [7, 11) is 1.68. The van der Waals surface area contributed by atoms with Crippen LogP contribution in [-0.2, 0) is 24.4 Å². The van der Waals surface area contributed by atoms with Crippen LogP contribution in [0.5, 0.6) is 5.75 Å². The maximum Gasteiger partial charge on any atom is 0.191 e. The number of nitrogens with zero attached hydrogens (tertiary/aromatic N) is 3. The van der Waals surface area contributed by atoms with Gasteiger partial charge >= 0.3 is 0 Å². The molecule has 0 unspecified atom stereocenters. The highest BCUT2D eigenvalue weighted by Gasteiger charge is 2.06. The van der Waals surface area contributed by atoms with E-state index in [-0.39, 0.29) is 24.0 Å². The van der Waals surface area contributed by atoms with Crippen molar-refractivity contribution in [2.45, 2.75) is 33.5 Å². The number of hydrogen-bond donors (Lipinski definition) is 2. The van der Waals surface area contributed by atoms with E-state index in [2.05, 4.69) is 76.5 Å². The van der Waals surface area contributed by atoms with E-state index in [4.69, 9.17) is 14.5 Å². The van der Waals surface area contributed by atoms with E-state index >= 15 is 0 Å². The summed E-state index contributed by atoms with van der Waals surface area (Å²) in [5.74, 6) is 1.65. The maximum atomic E-state index is 5.90. The van der Waals surface area contributed by atoms with E-state index in [0.29, 0.717) is 26.3 Å². The molecule has 0 saturated carbocycles. The Balaban J connectivity index is 0.00000385. The molecule has 3 rings (SSSR count). The number of methoxy groups -OCH3 is 1. The highest BCUT2D eigenvalue weighted by molar-refractivity contribution is 14.0. The quantitative estimate of drug-likeness (QED) is 0.159. The average Bonchev–Trinajstić information content (AvgIpc) is 3.30. The number of hydrogen-bond acceptors (Lipinski definition) is 4. The number of nitrogens with one attached hydrogen (secondary N) is 2. The normalized spacial score (nSPS) is 11.1. The van der Waals surface area contributed by atoms with Crippen molar-refractivity contribution >= 4 is 29.9 Å². The molecule has 0 saturated heterocycles. The molecule has 0 atom stereocenters. The first-order valence-corrected chi connectivity index (χ1v) is 10.9. The number of halogens is 1. The minimum atomic E-state index is 0. The molecule has 8 heteroatoms. The molecule has 7 nitrogen and oxygen atoms in total. The Kier molecular flexibility index (Phi) is 11.7. The summed E-state index contributed by atoms with van der Waals surface area (Å²) in [6.07, 6.45) is 5.59. The van der Waals surface area contributed by atoms with Gasteiger partial charge in [-0.15, -0.1) is 24.0 Å². The zero-order valence-electron chi connectivity index (χ0n) is 19.6. The number of benzene rings is 2. The van der Waals surface area contributed by atoms with Gasteiger partial charge in [0.05, 0.1) is 19.5 Å². The standard InChI is InChI=1S/C25H33N5O2.HI/c1-4-27-25(29-17-23-9-8-20(2)14-24(23)32-13-12-31-3)28-16-21-6-5-7-22(15-21)18-30-11-10-26-19-30;/h5-11,14-15,19H,4,12-13,16-18H2,1-3H3,(H2,27,28,29);1H. The summed E-state index contributed by atoms with van der Waals surface area (Å²) >= 11 is 0. The number of rotatable bonds is 11. The minimum Gasteiger partial charge on any atom is -0.491 e. The SMILES string of the molecule is CCNC(=NCc1cccc(Cn2ccnc2)c1)NCc1ccc(C)cc1OCCOC.I. The average molecular weight is 563 g/mol.